The first-order chi connectivity index (χ1) is 7.61. The number of fused-ring (bicyclic) bond motifs is 1. The van der Waals surface area contributed by atoms with E-state index in [1.54, 1.807) is 6.92 Å². The second kappa shape index (κ2) is 4.29. The molecule has 5 heteroatoms. The summed E-state index contributed by atoms with van der Waals surface area (Å²) in [6, 6.07) is 2.12. The number of rotatable bonds is 2. The minimum absolute atomic E-state index is 0.329. The van der Waals surface area contributed by atoms with Crippen LogP contribution < -0.4 is 5.32 Å². The highest BCUT2D eigenvalue weighted by molar-refractivity contribution is 6.32. The summed E-state index contributed by atoms with van der Waals surface area (Å²) in [5.41, 5.74) is 1.34. The average Bonchev–Trinajstić information content (AvgIpc) is 2.62. The number of ether oxygens (including phenoxy) is 1. The second-order valence-corrected chi connectivity index (χ2v) is 3.97. The SMILES string of the molecule is CCOC(=O)[C@@H]1Cc2c(Cl)cc(F)cc2N1. The van der Waals surface area contributed by atoms with Gasteiger partial charge in [-0.15, -0.1) is 0 Å². The van der Waals surface area contributed by atoms with Gasteiger partial charge in [-0.1, -0.05) is 11.6 Å². The third-order valence-corrected chi connectivity index (χ3v) is 2.81. The third kappa shape index (κ3) is 1.97. The number of hydrogen-bond acceptors (Lipinski definition) is 3. The average molecular weight is 244 g/mol. The van der Waals surface area contributed by atoms with E-state index < -0.39 is 11.9 Å². The van der Waals surface area contributed by atoms with E-state index in [2.05, 4.69) is 5.32 Å². The second-order valence-electron chi connectivity index (χ2n) is 3.57. The Kier molecular flexibility index (Phi) is 3.01. The summed E-state index contributed by atoms with van der Waals surface area (Å²) >= 11 is 5.89. The Hall–Kier alpha value is -1.29. The number of carbonyl (C=O) groups is 1. The van der Waals surface area contributed by atoms with Crippen LogP contribution in [0, 0.1) is 5.82 Å². The summed E-state index contributed by atoms with van der Waals surface area (Å²) in [7, 11) is 0. The van der Waals surface area contributed by atoms with E-state index in [1.165, 1.54) is 12.1 Å². The zero-order chi connectivity index (χ0) is 11.7. The highest BCUT2D eigenvalue weighted by atomic mass is 35.5. The zero-order valence-corrected chi connectivity index (χ0v) is 9.47. The van der Waals surface area contributed by atoms with E-state index in [-0.39, 0.29) is 5.97 Å². The fraction of sp³-hybridized carbons (Fsp3) is 0.364. The van der Waals surface area contributed by atoms with Crippen LogP contribution in [-0.2, 0) is 16.0 Å². The van der Waals surface area contributed by atoms with Crippen molar-refractivity contribution in [2.75, 3.05) is 11.9 Å². The molecule has 0 spiro atoms. The zero-order valence-electron chi connectivity index (χ0n) is 8.72. The molecule has 1 aromatic carbocycles. The molecule has 0 bridgehead atoms. The highest BCUT2D eigenvalue weighted by Gasteiger charge is 2.29. The van der Waals surface area contributed by atoms with Gasteiger partial charge in [-0.25, -0.2) is 9.18 Å². The topological polar surface area (TPSA) is 38.3 Å². The lowest BCUT2D eigenvalue weighted by Crippen LogP contribution is -2.28. The van der Waals surface area contributed by atoms with Gasteiger partial charge in [0, 0.05) is 17.1 Å². The van der Waals surface area contributed by atoms with Crippen LogP contribution in [0.5, 0.6) is 0 Å². The predicted molar refractivity (Wildman–Crippen MR) is 59.2 cm³/mol. The minimum atomic E-state index is -0.464. The van der Waals surface area contributed by atoms with Crippen molar-refractivity contribution in [2.24, 2.45) is 0 Å². The smallest absolute Gasteiger partial charge is 0.328 e. The fourth-order valence-corrected chi connectivity index (χ4v) is 2.05. The maximum atomic E-state index is 13.1. The van der Waals surface area contributed by atoms with Crippen molar-refractivity contribution in [1.29, 1.82) is 0 Å². The first-order valence-electron chi connectivity index (χ1n) is 5.03. The Morgan fingerprint density at radius 1 is 1.69 bits per heavy atom. The molecule has 1 aromatic rings. The molecule has 1 aliphatic rings. The van der Waals surface area contributed by atoms with Crippen LogP contribution in [0.4, 0.5) is 10.1 Å². The molecule has 0 amide bonds. The maximum absolute atomic E-state index is 13.1. The molecule has 86 valence electrons. The van der Waals surface area contributed by atoms with E-state index >= 15 is 0 Å². The van der Waals surface area contributed by atoms with Crippen molar-refractivity contribution in [3.05, 3.63) is 28.5 Å². The van der Waals surface area contributed by atoms with Gasteiger partial charge in [0.1, 0.15) is 11.9 Å². The molecule has 1 N–H and O–H groups in total. The first kappa shape index (κ1) is 11.2. The molecule has 1 atom stereocenters. The summed E-state index contributed by atoms with van der Waals surface area (Å²) in [6.07, 6.45) is 0.438. The lowest BCUT2D eigenvalue weighted by atomic mass is 10.1. The molecule has 0 aliphatic carbocycles. The van der Waals surface area contributed by atoms with Gasteiger partial charge in [-0.3, -0.25) is 0 Å². The molecule has 0 saturated carbocycles. The van der Waals surface area contributed by atoms with E-state index in [0.29, 0.717) is 23.7 Å². The summed E-state index contributed by atoms with van der Waals surface area (Å²) in [6.45, 7) is 2.07. The van der Waals surface area contributed by atoms with E-state index in [0.717, 1.165) is 5.56 Å². The molecule has 16 heavy (non-hydrogen) atoms. The molecular weight excluding hydrogens is 233 g/mol. The largest absolute Gasteiger partial charge is 0.464 e. The number of carbonyl (C=O) groups excluding carboxylic acids is 1. The Bertz CT molecular complexity index is 436. The molecule has 0 unspecified atom stereocenters. The van der Waals surface area contributed by atoms with Gasteiger partial charge in [0.25, 0.3) is 0 Å². The van der Waals surface area contributed by atoms with E-state index in [1.807, 2.05) is 0 Å². The molecule has 3 nitrogen and oxygen atoms in total. The molecule has 2 rings (SSSR count). The fourth-order valence-electron chi connectivity index (χ4n) is 1.77. The molecule has 0 aromatic heterocycles. The van der Waals surface area contributed by atoms with Crippen molar-refractivity contribution >= 4 is 23.3 Å². The van der Waals surface area contributed by atoms with Gasteiger partial charge in [0.15, 0.2) is 0 Å². The quantitative estimate of drug-likeness (QED) is 0.811. The first-order valence-corrected chi connectivity index (χ1v) is 5.40. The summed E-state index contributed by atoms with van der Waals surface area (Å²) in [5, 5.41) is 3.24. The summed E-state index contributed by atoms with van der Waals surface area (Å²) in [5.74, 6) is -0.754. The van der Waals surface area contributed by atoms with Crippen molar-refractivity contribution in [3.63, 3.8) is 0 Å². The number of benzene rings is 1. The molecule has 0 fully saturated rings. The summed E-state index contributed by atoms with van der Waals surface area (Å²) in [4.78, 5) is 11.5. The van der Waals surface area contributed by atoms with Crippen LogP contribution >= 0.6 is 11.6 Å². The minimum Gasteiger partial charge on any atom is -0.464 e. The lowest BCUT2D eigenvalue weighted by molar-refractivity contribution is -0.143. The van der Waals surface area contributed by atoms with Crippen LogP contribution in [0.1, 0.15) is 12.5 Å². The maximum Gasteiger partial charge on any atom is 0.328 e. The van der Waals surface area contributed by atoms with Crippen LogP contribution in [0.25, 0.3) is 0 Å². The van der Waals surface area contributed by atoms with Crippen molar-refractivity contribution in [3.8, 4) is 0 Å². The normalized spacial score (nSPS) is 17.8. The summed E-state index contributed by atoms with van der Waals surface area (Å²) < 4.78 is 17.9. The predicted octanol–water partition coefficient (Wildman–Crippen LogP) is 2.38. The van der Waals surface area contributed by atoms with Gasteiger partial charge in [0.2, 0.25) is 0 Å². The number of halogens is 2. The molecule has 1 aliphatic heterocycles. The van der Waals surface area contributed by atoms with Crippen molar-refractivity contribution < 1.29 is 13.9 Å². The standard InChI is InChI=1S/C11H11ClFNO2/c1-2-16-11(15)10-5-7-8(12)3-6(13)4-9(7)14-10/h3-4,10,14H,2,5H2,1H3/t10-/m0/s1. The van der Waals surface area contributed by atoms with Crippen LogP contribution in [0.2, 0.25) is 5.02 Å². The van der Waals surface area contributed by atoms with Gasteiger partial charge in [-0.05, 0) is 24.6 Å². The van der Waals surface area contributed by atoms with Gasteiger partial charge in [0.05, 0.1) is 6.61 Å². The highest BCUT2D eigenvalue weighted by Crippen LogP contribution is 2.33. The molecular formula is C11H11ClFNO2. The van der Waals surface area contributed by atoms with Crippen LogP contribution in [-0.4, -0.2) is 18.6 Å². The Balaban J connectivity index is 2.21. The van der Waals surface area contributed by atoms with Crippen molar-refractivity contribution in [2.45, 2.75) is 19.4 Å². The van der Waals surface area contributed by atoms with Crippen molar-refractivity contribution in [1.82, 2.24) is 0 Å². The van der Waals surface area contributed by atoms with Gasteiger partial charge in [-0.2, -0.15) is 0 Å². The van der Waals surface area contributed by atoms with Gasteiger partial charge >= 0.3 is 5.97 Å². The van der Waals surface area contributed by atoms with Crippen LogP contribution in [0.15, 0.2) is 12.1 Å². The number of hydrogen-bond donors (Lipinski definition) is 1. The number of nitrogens with one attached hydrogen (secondary N) is 1. The molecule has 0 saturated heterocycles. The number of anilines is 1. The molecule has 0 radical (unpaired) electrons. The van der Waals surface area contributed by atoms with E-state index in [9.17, 15) is 9.18 Å². The van der Waals surface area contributed by atoms with E-state index in [4.69, 9.17) is 16.3 Å². The number of esters is 1. The monoisotopic (exact) mass is 243 g/mol. The Morgan fingerprint density at radius 3 is 3.12 bits per heavy atom. The Labute approximate surface area is 97.5 Å². The van der Waals surface area contributed by atoms with Crippen LogP contribution in [0.3, 0.4) is 0 Å². The van der Waals surface area contributed by atoms with Gasteiger partial charge < -0.3 is 10.1 Å². The lowest BCUT2D eigenvalue weighted by Gasteiger charge is -2.09. The third-order valence-electron chi connectivity index (χ3n) is 2.47. The Morgan fingerprint density at radius 2 is 2.44 bits per heavy atom. The molecule has 1 heterocycles.